The maximum absolute atomic E-state index is 13.5. The second-order valence-corrected chi connectivity index (χ2v) is 10.2. The Hall–Kier alpha value is -5.30. The minimum Gasteiger partial charge on any atom is -0.507 e. The van der Waals surface area contributed by atoms with Crippen LogP contribution in [0.4, 0.5) is 0 Å². The van der Waals surface area contributed by atoms with Crippen LogP contribution in [0.3, 0.4) is 0 Å². The summed E-state index contributed by atoms with van der Waals surface area (Å²) < 4.78 is 13.5. The number of aromatic hydroxyl groups is 2. The molecule has 0 amide bonds. The molecule has 2 N–H and O–H groups in total. The smallest absolute Gasteiger partial charge is 0.344 e. The van der Waals surface area contributed by atoms with Crippen LogP contribution in [0.2, 0.25) is 0 Å². The normalized spacial score (nSPS) is 11.9. The first kappa shape index (κ1) is 24.7. The van der Waals surface area contributed by atoms with Gasteiger partial charge in [0.2, 0.25) is 0 Å². The zero-order valence-electron chi connectivity index (χ0n) is 22.1. The van der Waals surface area contributed by atoms with Crippen molar-refractivity contribution in [3.8, 4) is 11.5 Å². The Morgan fingerprint density at radius 2 is 1.17 bits per heavy atom. The van der Waals surface area contributed by atoms with Crippen LogP contribution in [0, 0.1) is 0 Å². The van der Waals surface area contributed by atoms with Gasteiger partial charge in [-0.25, -0.2) is 9.59 Å². The second kappa shape index (κ2) is 9.41. The van der Waals surface area contributed by atoms with Crippen LogP contribution in [-0.4, -0.2) is 14.8 Å². The van der Waals surface area contributed by atoms with Gasteiger partial charge in [0.1, 0.15) is 22.7 Å². The van der Waals surface area contributed by atoms with Crippen molar-refractivity contribution in [1.29, 1.82) is 0 Å². The fourth-order valence-corrected chi connectivity index (χ4v) is 6.00. The van der Waals surface area contributed by atoms with Crippen molar-refractivity contribution < 1.29 is 19.0 Å². The zero-order chi connectivity index (χ0) is 28.2. The molecule has 0 radical (unpaired) electrons. The average molecular weight is 544 g/mol. The molecular weight excluding hydrogens is 518 g/mol. The van der Waals surface area contributed by atoms with E-state index in [0.29, 0.717) is 16.3 Å². The van der Waals surface area contributed by atoms with E-state index in [0.717, 1.165) is 34.8 Å². The number of aromatic nitrogens is 1. The molecule has 0 aliphatic rings. The molecule has 0 saturated carbocycles. The summed E-state index contributed by atoms with van der Waals surface area (Å²) in [7, 11) is 0. The van der Waals surface area contributed by atoms with Crippen molar-refractivity contribution in [2.45, 2.75) is 25.8 Å². The first-order valence-electron chi connectivity index (χ1n) is 13.5. The van der Waals surface area contributed by atoms with Gasteiger partial charge >= 0.3 is 11.3 Å². The highest BCUT2D eigenvalue weighted by Crippen LogP contribution is 2.43. The molecule has 0 bridgehead atoms. The van der Waals surface area contributed by atoms with Gasteiger partial charge in [0.05, 0.1) is 27.8 Å². The average Bonchev–Trinajstić information content (AvgIpc) is 3.29. The van der Waals surface area contributed by atoms with Gasteiger partial charge in [0.15, 0.2) is 0 Å². The summed E-state index contributed by atoms with van der Waals surface area (Å²) in [4.78, 5) is 27.1. The van der Waals surface area contributed by atoms with Crippen LogP contribution in [0.1, 0.15) is 36.0 Å². The summed E-state index contributed by atoms with van der Waals surface area (Å²) in [5.41, 5.74) is 1.08. The molecule has 7 nitrogen and oxygen atoms in total. The Morgan fingerprint density at radius 3 is 1.76 bits per heavy atom. The van der Waals surface area contributed by atoms with E-state index < -0.39 is 17.2 Å². The lowest BCUT2D eigenvalue weighted by Gasteiger charge is -2.20. The molecule has 0 aliphatic heterocycles. The Bertz CT molecular complexity index is 2160. The van der Waals surface area contributed by atoms with Crippen molar-refractivity contribution >= 4 is 43.7 Å². The number of hydrogen-bond donors (Lipinski definition) is 2. The molecule has 41 heavy (non-hydrogen) atoms. The summed E-state index contributed by atoms with van der Waals surface area (Å²) in [6.07, 6.45) is 0.941. The standard InChI is InChI=1S/C34H25NO6/c1-2-17-35-24-12-6-3-9-20(24)23-18-19(15-16-25(23)35)28(29-31(36)21-10-4-7-13-26(21)40-33(29)38)30-32(37)22-11-5-8-14-27(22)41-34(30)39/h3-16,18,28,36-37H,2,17H2,1H3. The number of aryl methyl sites for hydroxylation is 1. The Kier molecular flexibility index (Phi) is 5.68. The monoisotopic (exact) mass is 543 g/mol. The predicted molar refractivity (Wildman–Crippen MR) is 159 cm³/mol. The minimum absolute atomic E-state index is 0.154. The molecule has 0 aliphatic carbocycles. The molecule has 7 rings (SSSR count). The summed E-state index contributed by atoms with van der Waals surface area (Å²) >= 11 is 0. The fraction of sp³-hybridized carbons (Fsp3) is 0.118. The molecule has 0 atom stereocenters. The highest BCUT2D eigenvalue weighted by Gasteiger charge is 2.33. The van der Waals surface area contributed by atoms with Crippen LogP contribution >= 0.6 is 0 Å². The maximum Gasteiger partial charge on any atom is 0.344 e. The van der Waals surface area contributed by atoms with Gasteiger partial charge < -0.3 is 23.6 Å². The minimum atomic E-state index is -1.19. The summed E-state index contributed by atoms with van der Waals surface area (Å²) in [6, 6.07) is 27.0. The highest BCUT2D eigenvalue weighted by atomic mass is 16.4. The molecule has 0 spiro atoms. The third-order valence-corrected chi connectivity index (χ3v) is 7.79. The van der Waals surface area contributed by atoms with Crippen molar-refractivity contribution in [3.63, 3.8) is 0 Å². The molecule has 202 valence electrons. The van der Waals surface area contributed by atoms with Gasteiger partial charge in [-0.2, -0.15) is 0 Å². The molecular formula is C34H25NO6. The molecule has 7 heteroatoms. The van der Waals surface area contributed by atoms with Gasteiger partial charge in [0, 0.05) is 28.4 Å². The van der Waals surface area contributed by atoms with E-state index >= 15 is 0 Å². The molecule has 7 aromatic rings. The summed E-state index contributed by atoms with van der Waals surface area (Å²) in [5, 5.41) is 25.6. The lowest BCUT2D eigenvalue weighted by Crippen LogP contribution is -2.21. The number of hydrogen-bond acceptors (Lipinski definition) is 6. The number of benzene rings is 4. The third kappa shape index (κ3) is 3.73. The van der Waals surface area contributed by atoms with Crippen molar-refractivity contribution in [1.82, 2.24) is 4.57 Å². The van der Waals surface area contributed by atoms with Crippen molar-refractivity contribution in [3.05, 3.63) is 129 Å². The van der Waals surface area contributed by atoms with E-state index in [4.69, 9.17) is 8.83 Å². The lowest BCUT2D eigenvalue weighted by molar-refractivity contribution is 0.441. The van der Waals surface area contributed by atoms with E-state index in [2.05, 4.69) is 17.6 Å². The number of nitrogens with zero attached hydrogens (tertiary/aromatic N) is 1. The quantitative estimate of drug-likeness (QED) is 0.226. The van der Waals surface area contributed by atoms with E-state index in [9.17, 15) is 19.8 Å². The number of fused-ring (bicyclic) bond motifs is 5. The lowest BCUT2D eigenvalue weighted by atomic mass is 9.84. The molecule has 0 unspecified atom stereocenters. The highest BCUT2D eigenvalue weighted by molar-refractivity contribution is 6.08. The van der Waals surface area contributed by atoms with Crippen molar-refractivity contribution in [2.75, 3.05) is 0 Å². The van der Waals surface area contributed by atoms with E-state index in [-0.39, 0.29) is 33.8 Å². The van der Waals surface area contributed by atoms with Gasteiger partial charge in [0.25, 0.3) is 0 Å². The SMILES string of the molecule is CCCn1c2ccccc2c2cc(C(c3c(O)c4ccccc4oc3=O)c3c(O)c4ccccc4oc3=O)ccc21. The van der Waals surface area contributed by atoms with E-state index in [1.54, 1.807) is 48.5 Å². The molecule has 3 aromatic heterocycles. The summed E-state index contributed by atoms with van der Waals surface area (Å²) in [5.74, 6) is -1.82. The molecule has 3 heterocycles. The first-order valence-corrected chi connectivity index (χ1v) is 13.5. The van der Waals surface area contributed by atoms with E-state index in [1.807, 2.05) is 36.4 Å². The number of rotatable bonds is 5. The Labute approximate surface area is 233 Å². The Morgan fingerprint density at radius 1 is 0.659 bits per heavy atom. The summed E-state index contributed by atoms with van der Waals surface area (Å²) in [6.45, 7) is 2.94. The van der Waals surface area contributed by atoms with Crippen LogP contribution in [0.15, 0.2) is 109 Å². The molecule has 4 aromatic carbocycles. The predicted octanol–water partition coefficient (Wildman–Crippen LogP) is 7.01. The van der Waals surface area contributed by atoms with Crippen LogP contribution < -0.4 is 11.3 Å². The van der Waals surface area contributed by atoms with Gasteiger partial charge in [-0.1, -0.05) is 55.5 Å². The second-order valence-electron chi connectivity index (χ2n) is 10.2. The molecule has 0 saturated heterocycles. The maximum atomic E-state index is 13.5. The largest absolute Gasteiger partial charge is 0.507 e. The third-order valence-electron chi connectivity index (χ3n) is 7.79. The van der Waals surface area contributed by atoms with Crippen LogP contribution in [-0.2, 0) is 6.54 Å². The van der Waals surface area contributed by atoms with Crippen LogP contribution in [0.5, 0.6) is 11.5 Å². The van der Waals surface area contributed by atoms with Gasteiger partial charge in [-0.15, -0.1) is 0 Å². The van der Waals surface area contributed by atoms with Crippen molar-refractivity contribution in [2.24, 2.45) is 0 Å². The van der Waals surface area contributed by atoms with Crippen LogP contribution in [0.25, 0.3) is 43.7 Å². The number of para-hydroxylation sites is 3. The van der Waals surface area contributed by atoms with Gasteiger partial charge in [-0.3, -0.25) is 0 Å². The first-order chi connectivity index (χ1) is 20.0. The fourth-order valence-electron chi connectivity index (χ4n) is 6.00. The van der Waals surface area contributed by atoms with E-state index in [1.165, 1.54) is 0 Å². The van der Waals surface area contributed by atoms with Gasteiger partial charge in [-0.05, 0) is 54.4 Å². The molecule has 0 fully saturated rings. The zero-order valence-corrected chi connectivity index (χ0v) is 22.1. The Balaban J connectivity index is 1.60. The topological polar surface area (TPSA) is 106 Å².